The minimum atomic E-state index is -1.23. The second kappa shape index (κ2) is 7.03. The topological polar surface area (TPSA) is 66.5 Å². The SMILES string of the molecule is Cc1c(C(=O)CN2C(=O)NC(C)(c3cccc4ccccc34)C2=O)sc2ccccc12. The zero-order valence-corrected chi connectivity index (χ0v) is 18.0. The maximum absolute atomic E-state index is 13.4. The predicted molar refractivity (Wildman–Crippen MR) is 122 cm³/mol. The highest BCUT2D eigenvalue weighted by Crippen LogP contribution is 2.35. The highest BCUT2D eigenvalue weighted by Gasteiger charge is 2.50. The first-order valence-corrected chi connectivity index (χ1v) is 10.9. The Hall–Kier alpha value is -3.51. The summed E-state index contributed by atoms with van der Waals surface area (Å²) in [5.41, 5.74) is 0.374. The number of urea groups is 1. The monoisotopic (exact) mass is 428 g/mol. The molecular weight excluding hydrogens is 408 g/mol. The number of ketones is 1. The Bertz CT molecular complexity index is 1380. The second-order valence-electron chi connectivity index (χ2n) is 7.95. The van der Waals surface area contributed by atoms with Crippen molar-refractivity contribution >= 4 is 49.9 Å². The molecule has 1 aliphatic rings. The standard InChI is InChI=1S/C25H20N2O3S/c1-15-17-10-5-6-13-21(17)31-22(15)20(28)14-27-23(29)25(2,26-24(27)30)19-12-7-9-16-8-3-4-11-18(16)19/h3-13H,14H2,1-2H3,(H,26,30). The average Bonchev–Trinajstić information content (AvgIpc) is 3.23. The van der Waals surface area contributed by atoms with Crippen LogP contribution in [0.25, 0.3) is 20.9 Å². The van der Waals surface area contributed by atoms with E-state index in [0.29, 0.717) is 4.88 Å². The van der Waals surface area contributed by atoms with E-state index in [1.54, 1.807) is 6.92 Å². The van der Waals surface area contributed by atoms with Gasteiger partial charge < -0.3 is 5.32 Å². The van der Waals surface area contributed by atoms with Crippen LogP contribution in [-0.4, -0.2) is 29.2 Å². The lowest BCUT2D eigenvalue weighted by Crippen LogP contribution is -2.41. The van der Waals surface area contributed by atoms with E-state index in [1.807, 2.05) is 73.7 Å². The number of rotatable bonds is 4. The van der Waals surface area contributed by atoms with Crippen molar-refractivity contribution in [2.45, 2.75) is 19.4 Å². The van der Waals surface area contributed by atoms with Crippen LogP contribution in [0.2, 0.25) is 0 Å². The van der Waals surface area contributed by atoms with Crippen LogP contribution in [0.3, 0.4) is 0 Å². The van der Waals surface area contributed by atoms with Gasteiger partial charge in [0.05, 0.1) is 11.4 Å². The van der Waals surface area contributed by atoms with E-state index in [9.17, 15) is 14.4 Å². The molecule has 154 valence electrons. The van der Waals surface area contributed by atoms with Crippen molar-refractivity contribution in [3.8, 4) is 0 Å². The molecule has 0 spiro atoms. The molecule has 2 heterocycles. The Kier molecular flexibility index (Phi) is 4.41. The fourth-order valence-corrected chi connectivity index (χ4v) is 5.48. The van der Waals surface area contributed by atoms with Crippen LogP contribution in [0.4, 0.5) is 4.79 Å². The van der Waals surface area contributed by atoms with Gasteiger partial charge in [0.1, 0.15) is 5.54 Å². The van der Waals surface area contributed by atoms with Crippen molar-refractivity contribution in [2.75, 3.05) is 6.54 Å². The molecule has 4 aromatic rings. The van der Waals surface area contributed by atoms with Crippen molar-refractivity contribution in [2.24, 2.45) is 0 Å². The van der Waals surface area contributed by atoms with Gasteiger partial charge in [-0.1, -0.05) is 60.7 Å². The Morgan fingerprint density at radius 3 is 2.42 bits per heavy atom. The first kappa shape index (κ1) is 19.5. The third-order valence-corrected chi connectivity index (χ3v) is 7.32. The van der Waals surface area contributed by atoms with Gasteiger partial charge in [0.25, 0.3) is 5.91 Å². The second-order valence-corrected chi connectivity index (χ2v) is 9.00. The van der Waals surface area contributed by atoms with Gasteiger partial charge in [-0.3, -0.25) is 14.5 Å². The zero-order valence-electron chi connectivity index (χ0n) is 17.1. The number of nitrogens with one attached hydrogen (secondary N) is 1. The largest absolute Gasteiger partial charge is 0.325 e. The summed E-state index contributed by atoms with van der Waals surface area (Å²) in [5.74, 6) is -0.648. The molecule has 0 radical (unpaired) electrons. The van der Waals surface area contributed by atoms with Crippen LogP contribution in [0, 0.1) is 6.92 Å². The number of Topliss-reactive ketones (excluding diaryl/α,β-unsaturated/α-hetero) is 1. The van der Waals surface area contributed by atoms with Gasteiger partial charge in [0.2, 0.25) is 0 Å². The molecule has 0 bridgehead atoms. The Morgan fingerprint density at radius 2 is 1.65 bits per heavy atom. The number of benzene rings is 3. The Morgan fingerprint density at radius 1 is 0.968 bits per heavy atom. The van der Waals surface area contributed by atoms with E-state index in [2.05, 4.69) is 5.32 Å². The summed E-state index contributed by atoms with van der Waals surface area (Å²) in [6.07, 6.45) is 0. The number of thiophene rings is 1. The van der Waals surface area contributed by atoms with Crippen molar-refractivity contribution in [3.63, 3.8) is 0 Å². The van der Waals surface area contributed by atoms with Gasteiger partial charge in [0.15, 0.2) is 5.78 Å². The normalized spacial score (nSPS) is 18.7. The van der Waals surface area contributed by atoms with E-state index in [-0.39, 0.29) is 12.3 Å². The molecule has 6 heteroatoms. The number of hydrogen-bond donors (Lipinski definition) is 1. The summed E-state index contributed by atoms with van der Waals surface area (Å²) in [6.45, 7) is 3.32. The number of aryl methyl sites for hydroxylation is 1. The maximum atomic E-state index is 13.4. The van der Waals surface area contributed by atoms with E-state index in [0.717, 1.165) is 36.9 Å². The van der Waals surface area contributed by atoms with Crippen molar-refractivity contribution in [1.82, 2.24) is 10.2 Å². The van der Waals surface area contributed by atoms with Gasteiger partial charge in [-0.15, -0.1) is 11.3 Å². The summed E-state index contributed by atoms with van der Waals surface area (Å²) in [4.78, 5) is 40.9. The van der Waals surface area contributed by atoms with Crippen molar-refractivity contribution in [3.05, 3.63) is 82.7 Å². The van der Waals surface area contributed by atoms with Gasteiger partial charge in [-0.05, 0) is 47.2 Å². The van der Waals surface area contributed by atoms with Gasteiger partial charge in [-0.2, -0.15) is 0 Å². The minimum absolute atomic E-state index is 0.232. The fraction of sp³-hybridized carbons (Fsp3) is 0.160. The van der Waals surface area contributed by atoms with E-state index < -0.39 is 17.5 Å². The molecule has 1 unspecified atom stereocenters. The molecule has 1 N–H and O–H groups in total. The molecule has 1 saturated heterocycles. The van der Waals surface area contributed by atoms with Crippen LogP contribution < -0.4 is 5.32 Å². The summed E-state index contributed by atoms with van der Waals surface area (Å²) >= 11 is 1.40. The molecule has 31 heavy (non-hydrogen) atoms. The molecular formula is C25H20N2O3S. The molecule has 0 saturated carbocycles. The van der Waals surface area contributed by atoms with E-state index >= 15 is 0 Å². The molecule has 0 aliphatic carbocycles. The van der Waals surface area contributed by atoms with Crippen LogP contribution in [0.15, 0.2) is 66.7 Å². The predicted octanol–water partition coefficient (Wildman–Crippen LogP) is 5.01. The molecule has 5 nitrogen and oxygen atoms in total. The highest BCUT2D eigenvalue weighted by atomic mass is 32.1. The van der Waals surface area contributed by atoms with Crippen LogP contribution in [0.1, 0.15) is 27.7 Å². The smallest absolute Gasteiger partial charge is 0.319 e. The molecule has 5 rings (SSSR count). The minimum Gasteiger partial charge on any atom is -0.319 e. The third-order valence-electron chi connectivity index (χ3n) is 6.00. The lowest BCUT2D eigenvalue weighted by atomic mass is 9.88. The molecule has 1 aromatic heterocycles. The number of amides is 3. The van der Waals surface area contributed by atoms with Crippen molar-refractivity contribution < 1.29 is 14.4 Å². The van der Waals surface area contributed by atoms with Crippen molar-refractivity contribution in [1.29, 1.82) is 0 Å². The summed E-state index contributed by atoms with van der Waals surface area (Å²) in [6, 6.07) is 20.7. The van der Waals surface area contributed by atoms with E-state index in [1.165, 1.54) is 11.3 Å². The maximum Gasteiger partial charge on any atom is 0.325 e. The zero-order chi connectivity index (χ0) is 21.8. The molecule has 3 amide bonds. The number of imide groups is 1. The van der Waals surface area contributed by atoms with E-state index in [4.69, 9.17) is 0 Å². The van der Waals surface area contributed by atoms with Gasteiger partial charge in [-0.25, -0.2) is 4.79 Å². The summed E-state index contributed by atoms with van der Waals surface area (Å²) < 4.78 is 1.01. The third kappa shape index (κ3) is 2.94. The summed E-state index contributed by atoms with van der Waals surface area (Å²) in [7, 11) is 0. The number of hydrogen-bond acceptors (Lipinski definition) is 4. The fourth-order valence-electron chi connectivity index (χ4n) is 4.34. The Balaban J connectivity index is 1.49. The summed E-state index contributed by atoms with van der Waals surface area (Å²) in [5, 5.41) is 5.73. The van der Waals surface area contributed by atoms with Crippen LogP contribution in [0.5, 0.6) is 0 Å². The quantitative estimate of drug-likeness (QED) is 0.367. The molecule has 3 aromatic carbocycles. The average molecular weight is 429 g/mol. The first-order valence-electron chi connectivity index (χ1n) is 10.0. The number of carbonyl (C=O) groups is 3. The Labute approximate surface area is 183 Å². The molecule has 1 atom stereocenters. The van der Waals surface area contributed by atoms with Crippen LogP contribution in [-0.2, 0) is 10.3 Å². The molecule has 1 aliphatic heterocycles. The lowest BCUT2D eigenvalue weighted by molar-refractivity contribution is -0.130. The van der Waals surface area contributed by atoms with Gasteiger partial charge >= 0.3 is 6.03 Å². The lowest BCUT2D eigenvalue weighted by Gasteiger charge is -2.24. The number of fused-ring (bicyclic) bond motifs is 2. The van der Waals surface area contributed by atoms with Gasteiger partial charge in [0, 0.05) is 4.70 Å². The highest BCUT2D eigenvalue weighted by molar-refractivity contribution is 7.21. The molecule has 1 fully saturated rings. The number of nitrogens with zero attached hydrogens (tertiary/aromatic N) is 1. The van der Waals surface area contributed by atoms with Crippen LogP contribution >= 0.6 is 11.3 Å². The first-order chi connectivity index (χ1) is 14.9. The number of carbonyl (C=O) groups excluding carboxylic acids is 3.